The van der Waals surface area contributed by atoms with Gasteiger partial charge < -0.3 is 14.8 Å². The number of nitrogens with one attached hydrogen (secondary N) is 1. The number of hydrogen-bond acceptors (Lipinski definition) is 9. The fraction of sp³-hybridized carbons (Fsp3) is 0.500. The SMILES string of the molecule is CCCS(=O)(=O)N(COCC[Si](C)(C)C)c1nc2ccccc2nc1OC(c1cnc(NC)nc1)C(F)(F)F. The van der Waals surface area contributed by atoms with E-state index in [1.165, 1.54) is 7.05 Å². The van der Waals surface area contributed by atoms with E-state index in [4.69, 9.17) is 9.47 Å². The van der Waals surface area contributed by atoms with E-state index in [-0.39, 0.29) is 35.8 Å². The van der Waals surface area contributed by atoms with Crippen molar-refractivity contribution >= 4 is 40.9 Å². The molecule has 0 spiro atoms. The Morgan fingerprint density at radius 2 is 1.69 bits per heavy atom. The first-order valence-electron chi connectivity index (χ1n) is 12.3. The smallest absolute Gasteiger partial charge is 0.429 e. The largest absolute Gasteiger partial charge is 0.457 e. The minimum atomic E-state index is -4.91. The average Bonchev–Trinajstić information content (AvgIpc) is 2.85. The zero-order valence-corrected chi connectivity index (χ0v) is 24.3. The maximum atomic E-state index is 14.2. The summed E-state index contributed by atoms with van der Waals surface area (Å²) in [5.74, 6) is -1.15. The monoisotopic (exact) mass is 586 g/mol. The van der Waals surface area contributed by atoms with E-state index in [1.54, 1.807) is 31.2 Å². The highest BCUT2D eigenvalue weighted by Gasteiger charge is 2.45. The minimum absolute atomic E-state index is 0.123. The number of rotatable bonds is 13. The fourth-order valence-corrected chi connectivity index (χ4v) is 5.53. The number of aromatic nitrogens is 4. The highest BCUT2D eigenvalue weighted by Crippen LogP contribution is 2.39. The molecule has 10 nitrogen and oxygen atoms in total. The Morgan fingerprint density at radius 1 is 1.08 bits per heavy atom. The van der Waals surface area contributed by atoms with Crippen LogP contribution in [0, 0.1) is 0 Å². The number of halogens is 3. The maximum Gasteiger partial charge on any atom is 0.429 e. The lowest BCUT2D eigenvalue weighted by Gasteiger charge is -2.27. The third-order valence-corrected chi connectivity index (χ3v) is 9.06. The summed E-state index contributed by atoms with van der Waals surface area (Å²) in [6.45, 7) is 7.95. The third-order valence-electron chi connectivity index (χ3n) is 5.49. The van der Waals surface area contributed by atoms with Crippen LogP contribution in [0.1, 0.15) is 25.0 Å². The average molecular weight is 587 g/mol. The van der Waals surface area contributed by atoms with Crippen molar-refractivity contribution in [1.82, 2.24) is 19.9 Å². The van der Waals surface area contributed by atoms with Crippen LogP contribution in [0.15, 0.2) is 36.7 Å². The third kappa shape index (κ3) is 8.22. The topological polar surface area (TPSA) is 119 Å². The second kappa shape index (κ2) is 12.4. The standard InChI is InChI=1S/C24H33F3N6O4SSi/c1-6-12-38(34,35)33(16-36-11-13-39(3,4)5)21-22(32-19-10-8-7-9-18(19)31-21)37-20(24(25,26)27)17-14-29-23(28-2)30-15-17/h7-10,14-15,20H,6,11-13,16H2,1-5H3,(H,28,29,30). The van der Waals surface area contributed by atoms with Crippen LogP contribution in [0.4, 0.5) is 24.9 Å². The second-order valence-electron chi connectivity index (χ2n) is 9.98. The molecule has 0 saturated heterocycles. The molecular formula is C24H33F3N6O4SSi. The van der Waals surface area contributed by atoms with Gasteiger partial charge in [-0.2, -0.15) is 13.2 Å². The van der Waals surface area contributed by atoms with Crippen LogP contribution in [-0.4, -0.2) is 68.7 Å². The molecule has 15 heteroatoms. The van der Waals surface area contributed by atoms with Crippen molar-refractivity contribution in [3.05, 3.63) is 42.2 Å². The van der Waals surface area contributed by atoms with Crippen LogP contribution in [0.3, 0.4) is 0 Å². The van der Waals surface area contributed by atoms with Gasteiger partial charge in [-0.05, 0) is 24.6 Å². The van der Waals surface area contributed by atoms with E-state index in [2.05, 4.69) is 44.9 Å². The number of alkyl halides is 3. The van der Waals surface area contributed by atoms with Gasteiger partial charge in [0.05, 0.1) is 16.8 Å². The van der Waals surface area contributed by atoms with Gasteiger partial charge in [-0.3, -0.25) is 0 Å². The molecule has 0 aliphatic rings. The van der Waals surface area contributed by atoms with Crippen molar-refractivity contribution in [2.75, 3.05) is 35.8 Å². The minimum Gasteiger partial charge on any atom is -0.457 e. The summed E-state index contributed by atoms with van der Waals surface area (Å²) in [5.41, 5.74) is 0.118. The number of nitrogens with zero attached hydrogens (tertiary/aromatic N) is 5. The van der Waals surface area contributed by atoms with Gasteiger partial charge in [0.25, 0.3) is 5.88 Å². The Morgan fingerprint density at radius 3 is 2.23 bits per heavy atom. The predicted molar refractivity (Wildman–Crippen MR) is 146 cm³/mol. The van der Waals surface area contributed by atoms with Gasteiger partial charge in [0, 0.05) is 39.7 Å². The van der Waals surface area contributed by atoms with E-state index in [0.29, 0.717) is 0 Å². The highest BCUT2D eigenvalue weighted by atomic mass is 32.2. The van der Waals surface area contributed by atoms with Crippen molar-refractivity contribution in [1.29, 1.82) is 0 Å². The van der Waals surface area contributed by atoms with Crippen molar-refractivity contribution in [2.45, 2.75) is 51.3 Å². The van der Waals surface area contributed by atoms with E-state index < -0.39 is 54.4 Å². The van der Waals surface area contributed by atoms with Gasteiger partial charge in [-0.25, -0.2) is 32.7 Å². The van der Waals surface area contributed by atoms with Gasteiger partial charge in [0.1, 0.15) is 6.73 Å². The van der Waals surface area contributed by atoms with Gasteiger partial charge >= 0.3 is 6.18 Å². The van der Waals surface area contributed by atoms with Crippen molar-refractivity contribution in [3.63, 3.8) is 0 Å². The summed E-state index contributed by atoms with van der Waals surface area (Å²) < 4.78 is 81.3. The Balaban J connectivity index is 2.12. The number of para-hydroxylation sites is 2. The lowest BCUT2D eigenvalue weighted by molar-refractivity contribution is -0.198. The normalized spacial score (nSPS) is 13.3. The number of sulfonamides is 1. The van der Waals surface area contributed by atoms with E-state index >= 15 is 0 Å². The summed E-state index contributed by atoms with van der Waals surface area (Å²) in [6, 6.07) is 7.19. The molecule has 0 saturated carbocycles. The number of ether oxygens (including phenoxy) is 2. The predicted octanol–water partition coefficient (Wildman–Crippen LogP) is 5.00. The summed E-state index contributed by atoms with van der Waals surface area (Å²) >= 11 is 0. The van der Waals surface area contributed by atoms with Gasteiger partial charge in [0.15, 0.2) is 0 Å². The molecule has 39 heavy (non-hydrogen) atoms. The van der Waals surface area contributed by atoms with Crippen LogP contribution < -0.4 is 14.4 Å². The van der Waals surface area contributed by atoms with E-state index in [9.17, 15) is 21.6 Å². The first kappa shape index (κ1) is 30.5. The first-order chi connectivity index (χ1) is 18.2. The molecule has 3 aromatic rings. The summed E-state index contributed by atoms with van der Waals surface area (Å²) in [4.78, 5) is 16.3. The molecule has 1 atom stereocenters. The van der Waals surface area contributed by atoms with Crippen molar-refractivity contribution < 1.29 is 31.1 Å². The Bertz CT molecular complexity index is 1350. The van der Waals surface area contributed by atoms with Crippen molar-refractivity contribution in [3.8, 4) is 5.88 Å². The Hall–Kier alpha value is -3.04. The highest BCUT2D eigenvalue weighted by molar-refractivity contribution is 7.92. The number of fused-ring (bicyclic) bond motifs is 1. The number of anilines is 2. The molecule has 2 aromatic heterocycles. The Kier molecular flexibility index (Phi) is 9.72. The molecule has 0 aliphatic heterocycles. The van der Waals surface area contributed by atoms with Crippen LogP contribution in [0.25, 0.3) is 11.0 Å². The molecule has 0 bridgehead atoms. The quantitative estimate of drug-likeness (QED) is 0.168. The summed E-state index contributed by atoms with van der Waals surface area (Å²) in [6.07, 6.45) is -5.21. The Labute approximate surface area is 227 Å². The van der Waals surface area contributed by atoms with Crippen LogP contribution >= 0.6 is 0 Å². The first-order valence-corrected chi connectivity index (χ1v) is 17.6. The molecular weight excluding hydrogens is 553 g/mol. The van der Waals surface area contributed by atoms with Crippen molar-refractivity contribution in [2.24, 2.45) is 0 Å². The second-order valence-corrected chi connectivity index (χ2v) is 17.6. The summed E-state index contributed by atoms with van der Waals surface area (Å²) in [5, 5.41) is 2.64. The van der Waals surface area contributed by atoms with Gasteiger partial charge in [-0.1, -0.05) is 38.7 Å². The molecule has 0 fully saturated rings. The molecule has 3 rings (SSSR count). The number of benzene rings is 1. The molecule has 1 unspecified atom stereocenters. The van der Waals surface area contributed by atoms with Gasteiger partial charge in [-0.15, -0.1) is 0 Å². The zero-order chi connectivity index (χ0) is 28.8. The van der Waals surface area contributed by atoms with E-state index in [1.807, 2.05) is 0 Å². The lowest BCUT2D eigenvalue weighted by Crippen LogP contribution is -2.37. The van der Waals surface area contributed by atoms with E-state index in [0.717, 1.165) is 22.7 Å². The molecule has 0 radical (unpaired) electrons. The van der Waals surface area contributed by atoms with Crippen LogP contribution in [-0.2, 0) is 14.8 Å². The van der Waals surface area contributed by atoms with Crippen LogP contribution in [0.5, 0.6) is 5.88 Å². The molecule has 0 amide bonds. The molecule has 2 heterocycles. The molecule has 1 N–H and O–H groups in total. The molecule has 0 aliphatic carbocycles. The summed E-state index contributed by atoms with van der Waals surface area (Å²) in [7, 11) is -4.02. The van der Waals surface area contributed by atoms with Gasteiger partial charge in [0.2, 0.25) is 27.9 Å². The molecule has 1 aromatic carbocycles. The number of hydrogen-bond donors (Lipinski definition) is 1. The lowest BCUT2D eigenvalue weighted by atomic mass is 10.2. The fourth-order valence-electron chi connectivity index (χ4n) is 3.42. The zero-order valence-electron chi connectivity index (χ0n) is 22.5. The molecule has 214 valence electrons. The maximum absolute atomic E-state index is 14.2. The van der Waals surface area contributed by atoms with Crippen LogP contribution in [0.2, 0.25) is 25.7 Å².